The number of carbonyl (C=O) groups is 1. The maximum absolute atomic E-state index is 14.3. The molecule has 1 N–H and O–H groups in total. The molecule has 198 valence electrons. The first-order valence-electron chi connectivity index (χ1n) is 13.2. The van der Waals surface area contributed by atoms with Crippen LogP contribution in [0.2, 0.25) is 0 Å². The van der Waals surface area contributed by atoms with E-state index in [1.165, 1.54) is 0 Å². The summed E-state index contributed by atoms with van der Waals surface area (Å²) in [6.07, 6.45) is 0.0532. The number of imidazole rings is 1. The molecule has 1 aliphatic heterocycles. The third-order valence-electron chi connectivity index (χ3n) is 6.78. The summed E-state index contributed by atoms with van der Waals surface area (Å²) in [4.78, 5) is 18.0. The number of aryl methyl sites for hydroxylation is 1. The third-order valence-corrected chi connectivity index (χ3v) is 6.78. The first kappa shape index (κ1) is 26.9. The van der Waals surface area contributed by atoms with Crippen molar-refractivity contribution in [3.05, 3.63) is 71.0 Å². The topological polar surface area (TPSA) is 50.2 Å². The van der Waals surface area contributed by atoms with Gasteiger partial charge in [0.2, 0.25) is 5.91 Å². The molecule has 5 nitrogen and oxygen atoms in total. The Balaban J connectivity index is 1.70. The fourth-order valence-corrected chi connectivity index (χ4v) is 4.84. The lowest BCUT2D eigenvalue weighted by molar-refractivity contribution is -0.141. The van der Waals surface area contributed by atoms with Crippen molar-refractivity contribution in [3.8, 4) is 11.4 Å². The van der Waals surface area contributed by atoms with Crippen LogP contribution in [0.4, 0.5) is 18.9 Å². The van der Waals surface area contributed by atoms with Gasteiger partial charge in [0, 0.05) is 37.3 Å². The van der Waals surface area contributed by atoms with E-state index in [1.807, 2.05) is 49.4 Å². The summed E-state index contributed by atoms with van der Waals surface area (Å²) in [5.74, 6) is 0.385. The fourth-order valence-electron chi connectivity index (χ4n) is 4.84. The van der Waals surface area contributed by atoms with Gasteiger partial charge in [-0.15, -0.1) is 0 Å². The number of fused-ring (bicyclic) bond motifs is 1. The number of nitrogens with one attached hydrogen (secondary N) is 1. The lowest BCUT2D eigenvalue weighted by Gasteiger charge is -2.25. The molecule has 0 radical (unpaired) electrons. The molecule has 0 saturated carbocycles. The molecule has 4 rings (SSSR count). The quantitative estimate of drug-likeness (QED) is 0.299. The lowest BCUT2D eigenvalue weighted by Crippen LogP contribution is -2.27. The SMILES string of the molecule is CCCCN(Cc1ccc2c(c1)CCC(=O)N2)Cc1c(C(F)(F)F)nc(-c2ccccc2)n1CCCC. The molecule has 1 aromatic heterocycles. The zero-order valence-electron chi connectivity index (χ0n) is 21.6. The monoisotopic (exact) mass is 512 g/mol. The zero-order chi connectivity index (χ0) is 26.4. The number of aromatic nitrogens is 2. The molecule has 0 aliphatic carbocycles. The minimum Gasteiger partial charge on any atom is -0.326 e. The number of anilines is 1. The van der Waals surface area contributed by atoms with Crippen molar-refractivity contribution in [1.82, 2.24) is 14.5 Å². The van der Waals surface area contributed by atoms with Crippen LogP contribution >= 0.6 is 0 Å². The van der Waals surface area contributed by atoms with Gasteiger partial charge in [0.15, 0.2) is 5.69 Å². The Hall–Kier alpha value is -3.13. The largest absolute Gasteiger partial charge is 0.435 e. The van der Waals surface area contributed by atoms with Crippen molar-refractivity contribution >= 4 is 11.6 Å². The molecule has 37 heavy (non-hydrogen) atoms. The Bertz CT molecular complexity index is 1200. The number of carbonyl (C=O) groups excluding carboxylic acids is 1. The number of rotatable bonds is 11. The molecule has 0 spiro atoms. The van der Waals surface area contributed by atoms with E-state index in [0.717, 1.165) is 42.5 Å². The summed E-state index contributed by atoms with van der Waals surface area (Å²) in [6, 6.07) is 15.1. The van der Waals surface area contributed by atoms with E-state index in [4.69, 9.17) is 0 Å². The first-order chi connectivity index (χ1) is 17.8. The molecule has 1 aliphatic rings. The van der Waals surface area contributed by atoms with Crippen LogP contribution in [0.15, 0.2) is 48.5 Å². The molecule has 2 aromatic carbocycles. The lowest BCUT2D eigenvalue weighted by atomic mass is 10.00. The molecule has 0 atom stereocenters. The highest BCUT2D eigenvalue weighted by Gasteiger charge is 2.39. The van der Waals surface area contributed by atoms with Crippen molar-refractivity contribution in [2.75, 3.05) is 11.9 Å². The highest BCUT2D eigenvalue weighted by molar-refractivity contribution is 5.93. The van der Waals surface area contributed by atoms with Gasteiger partial charge < -0.3 is 9.88 Å². The van der Waals surface area contributed by atoms with Crippen LogP contribution in [0.1, 0.15) is 68.5 Å². The number of benzene rings is 2. The van der Waals surface area contributed by atoms with Crippen LogP contribution in [0.25, 0.3) is 11.4 Å². The maximum atomic E-state index is 14.3. The van der Waals surface area contributed by atoms with Gasteiger partial charge in [-0.1, -0.05) is 69.2 Å². The predicted molar refractivity (Wildman–Crippen MR) is 140 cm³/mol. The van der Waals surface area contributed by atoms with Gasteiger partial charge in [-0.25, -0.2) is 4.98 Å². The van der Waals surface area contributed by atoms with Crippen LogP contribution in [-0.2, 0) is 37.0 Å². The highest BCUT2D eigenvalue weighted by Crippen LogP contribution is 2.36. The van der Waals surface area contributed by atoms with E-state index in [-0.39, 0.29) is 18.1 Å². The summed E-state index contributed by atoms with van der Waals surface area (Å²) in [5, 5.41) is 2.89. The van der Waals surface area contributed by atoms with Gasteiger partial charge in [-0.2, -0.15) is 13.2 Å². The Morgan fingerprint density at radius 1 is 1.00 bits per heavy atom. The van der Waals surface area contributed by atoms with E-state index in [0.29, 0.717) is 43.9 Å². The maximum Gasteiger partial charge on any atom is 0.435 e. The van der Waals surface area contributed by atoms with Gasteiger partial charge in [0.25, 0.3) is 0 Å². The van der Waals surface area contributed by atoms with Crippen LogP contribution < -0.4 is 5.32 Å². The molecule has 1 amide bonds. The highest BCUT2D eigenvalue weighted by atomic mass is 19.4. The van der Waals surface area contributed by atoms with Crippen molar-refractivity contribution in [1.29, 1.82) is 0 Å². The van der Waals surface area contributed by atoms with Crippen molar-refractivity contribution < 1.29 is 18.0 Å². The second-order valence-corrected chi connectivity index (χ2v) is 9.70. The third kappa shape index (κ3) is 6.60. The van der Waals surface area contributed by atoms with Crippen molar-refractivity contribution in [2.45, 2.75) is 78.2 Å². The number of halogens is 3. The van der Waals surface area contributed by atoms with E-state index in [1.54, 1.807) is 4.57 Å². The molecule has 0 bridgehead atoms. The van der Waals surface area contributed by atoms with Crippen molar-refractivity contribution in [3.63, 3.8) is 0 Å². The number of amides is 1. The summed E-state index contributed by atoms with van der Waals surface area (Å²) in [6.45, 7) is 5.97. The normalized spacial score (nSPS) is 13.6. The number of unbranched alkanes of at least 4 members (excludes halogenated alkanes) is 2. The second kappa shape index (κ2) is 11.9. The van der Waals surface area contributed by atoms with Gasteiger partial charge in [-0.05, 0) is 43.0 Å². The minimum absolute atomic E-state index is 0.0130. The summed E-state index contributed by atoms with van der Waals surface area (Å²) >= 11 is 0. The Morgan fingerprint density at radius 3 is 2.46 bits per heavy atom. The van der Waals surface area contributed by atoms with Gasteiger partial charge >= 0.3 is 6.18 Å². The van der Waals surface area contributed by atoms with Crippen LogP contribution in [-0.4, -0.2) is 26.9 Å². The predicted octanol–water partition coefficient (Wildman–Crippen LogP) is 7.06. The number of alkyl halides is 3. The first-order valence-corrected chi connectivity index (χ1v) is 13.2. The fraction of sp³-hybridized carbons (Fsp3) is 0.448. The van der Waals surface area contributed by atoms with Crippen LogP contribution in [0.5, 0.6) is 0 Å². The Kier molecular flexibility index (Phi) is 8.69. The number of hydrogen-bond donors (Lipinski definition) is 1. The Labute approximate surface area is 216 Å². The summed E-state index contributed by atoms with van der Waals surface area (Å²) in [7, 11) is 0. The summed E-state index contributed by atoms with van der Waals surface area (Å²) < 4.78 is 44.7. The van der Waals surface area contributed by atoms with E-state index in [2.05, 4.69) is 28.2 Å². The smallest absolute Gasteiger partial charge is 0.326 e. The van der Waals surface area contributed by atoms with Crippen LogP contribution in [0, 0.1) is 0 Å². The average Bonchev–Trinajstić information content (AvgIpc) is 3.25. The molecule has 0 fully saturated rings. The molecule has 8 heteroatoms. The van der Waals surface area contributed by atoms with Gasteiger partial charge in [-0.3, -0.25) is 9.69 Å². The van der Waals surface area contributed by atoms with Crippen molar-refractivity contribution in [2.24, 2.45) is 0 Å². The van der Waals surface area contributed by atoms with E-state index < -0.39 is 11.9 Å². The Morgan fingerprint density at radius 2 is 1.76 bits per heavy atom. The van der Waals surface area contributed by atoms with Gasteiger partial charge in [0.05, 0.1) is 5.69 Å². The zero-order valence-corrected chi connectivity index (χ0v) is 21.6. The molecule has 2 heterocycles. The molecular formula is C29H35F3N4O. The van der Waals surface area contributed by atoms with E-state index >= 15 is 0 Å². The average molecular weight is 513 g/mol. The second-order valence-electron chi connectivity index (χ2n) is 9.70. The molecule has 3 aromatic rings. The minimum atomic E-state index is -4.54. The van der Waals surface area contributed by atoms with E-state index in [9.17, 15) is 18.0 Å². The molecule has 0 saturated heterocycles. The molecular weight excluding hydrogens is 477 g/mol. The summed E-state index contributed by atoms with van der Waals surface area (Å²) in [5.41, 5.74) is 3.04. The van der Waals surface area contributed by atoms with Crippen LogP contribution in [0.3, 0.4) is 0 Å². The molecule has 0 unspecified atom stereocenters. The van der Waals surface area contributed by atoms with Gasteiger partial charge in [0.1, 0.15) is 5.82 Å². The number of nitrogens with zero attached hydrogens (tertiary/aromatic N) is 3. The number of hydrogen-bond acceptors (Lipinski definition) is 3. The standard InChI is InChI=1S/C29H35F3N4O/c1-3-5-16-35(19-21-12-14-24-23(18-21)13-15-26(37)33-24)20-25-27(29(30,31)32)34-28(36(25)17-6-4-2)22-10-8-7-9-11-22/h7-12,14,18H,3-6,13,15-17,19-20H2,1-2H3,(H,33,37).